The van der Waals surface area contributed by atoms with Crippen molar-refractivity contribution in [1.29, 1.82) is 0 Å². The average molecular weight is 389 g/mol. The van der Waals surface area contributed by atoms with Crippen LogP contribution < -0.4 is 10.6 Å². The van der Waals surface area contributed by atoms with Crippen LogP contribution in [0.5, 0.6) is 0 Å². The predicted octanol–water partition coefficient (Wildman–Crippen LogP) is 5.97. The molecule has 2 aromatic carbocycles. The summed E-state index contributed by atoms with van der Waals surface area (Å²) in [5.41, 5.74) is 8.36. The van der Waals surface area contributed by atoms with Crippen molar-refractivity contribution in [2.45, 2.75) is 65.5 Å². The highest BCUT2D eigenvalue weighted by Gasteiger charge is 2.40. The van der Waals surface area contributed by atoms with E-state index in [9.17, 15) is 4.79 Å². The molecular weight excluding hydrogens is 356 g/mol. The number of rotatable bonds is 4. The second kappa shape index (κ2) is 7.70. The molecule has 0 bridgehead atoms. The van der Waals surface area contributed by atoms with Gasteiger partial charge in [-0.15, -0.1) is 0 Å². The van der Waals surface area contributed by atoms with E-state index in [-0.39, 0.29) is 18.0 Å². The first-order valence-corrected chi connectivity index (χ1v) is 10.9. The number of aryl methyl sites for hydroxylation is 3. The van der Waals surface area contributed by atoms with Crippen LogP contribution in [0.2, 0.25) is 0 Å². The van der Waals surface area contributed by atoms with Gasteiger partial charge in [0.1, 0.15) is 0 Å². The van der Waals surface area contributed by atoms with Gasteiger partial charge in [0, 0.05) is 12.0 Å². The minimum absolute atomic E-state index is 0.0141. The van der Waals surface area contributed by atoms with Crippen LogP contribution in [0.4, 0.5) is 5.69 Å². The summed E-state index contributed by atoms with van der Waals surface area (Å²) in [7, 11) is 0. The Kier molecular flexibility index (Phi) is 5.24. The lowest BCUT2D eigenvalue weighted by molar-refractivity contribution is 0.0939. The van der Waals surface area contributed by atoms with Crippen LogP contribution in [0.15, 0.2) is 42.5 Å². The number of hydrogen-bond acceptors (Lipinski definition) is 2. The van der Waals surface area contributed by atoms with Crippen LogP contribution >= 0.6 is 0 Å². The summed E-state index contributed by atoms with van der Waals surface area (Å²) in [6.45, 7) is 10.7. The van der Waals surface area contributed by atoms with Gasteiger partial charge < -0.3 is 10.6 Å². The van der Waals surface area contributed by atoms with Gasteiger partial charge in [0.2, 0.25) is 0 Å². The molecule has 1 aliphatic carbocycles. The number of para-hydroxylation sites is 1. The van der Waals surface area contributed by atoms with E-state index in [1.165, 1.54) is 27.8 Å². The quantitative estimate of drug-likeness (QED) is 0.634. The number of hydrogen-bond donors (Lipinski definition) is 2. The van der Waals surface area contributed by atoms with E-state index in [0.717, 1.165) is 24.1 Å². The minimum atomic E-state index is 0.0141. The van der Waals surface area contributed by atoms with Crippen molar-refractivity contribution in [3.63, 3.8) is 0 Å². The largest absolute Gasteiger partial charge is 0.377 e. The van der Waals surface area contributed by atoms with Crippen molar-refractivity contribution < 1.29 is 4.79 Å². The molecule has 0 spiro atoms. The molecule has 3 nitrogen and oxygen atoms in total. The molecule has 1 aliphatic heterocycles. The molecule has 2 aliphatic rings. The standard InChI is InChI=1S/C26H32N2O/c1-6-18(5)27-26(29)22-12-8-10-20-19-9-7-11-21(19)25(28-24(20)22)23-16(3)13-15(2)14-17(23)4/h7-10,12-14,18-19,21,25,28H,6,11H2,1-5H3,(H,27,29). The van der Waals surface area contributed by atoms with Gasteiger partial charge in [0.05, 0.1) is 17.3 Å². The fourth-order valence-electron chi connectivity index (χ4n) is 5.18. The second-order valence-corrected chi connectivity index (χ2v) is 8.84. The van der Waals surface area contributed by atoms with E-state index in [4.69, 9.17) is 0 Å². The number of carbonyl (C=O) groups excluding carboxylic acids is 1. The molecule has 1 amide bonds. The molecule has 152 valence electrons. The van der Waals surface area contributed by atoms with Gasteiger partial charge in [-0.05, 0) is 74.8 Å². The third-order valence-electron chi connectivity index (χ3n) is 6.68. The van der Waals surface area contributed by atoms with E-state index < -0.39 is 0 Å². The van der Waals surface area contributed by atoms with E-state index in [0.29, 0.717) is 11.8 Å². The molecule has 0 saturated heterocycles. The van der Waals surface area contributed by atoms with E-state index >= 15 is 0 Å². The molecule has 0 saturated carbocycles. The van der Waals surface area contributed by atoms with Gasteiger partial charge in [-0.25, -0.2) is 0 Å². The van der Waals surface area contributed by atoms with Crippen molar-refractivity contribution in [2.75, 3.05) is 5.32 Å². The highest BCUT2D eigenvalue weighted by molar-refractivity contribution is 6.01. The van der Waals surface area contributed by atoms with Gasteiger partial charge in [-0.2, -0.15) is 0 Å². The fraction of sp³-hybridized carbons (Fsp3) is 0.423. The van der Waals surface area contributed by atoms with Gasteiger partial charge in [-0.1, -0.05) is 48.9 Å². The Morgan fingerprint density at radius 2 is 1.93 bits per heavy atom. The maximum atomic E-state index is 13.0. The lowest BCUT2D eigenvalue weighted by Crippen LogP contribution is -2.35. The van der Waals surface area contributed by atoms with Gasteiger partial charge in [-0.3, -0.25) is 4.79 Å². The number of anilines is 1. The first-order chi connectivity index (χ1) is 13.9. The van der Waals surface area contributed by atoms with Crippen molar-refractivity contribution in [3.05, 3.63) is 75.9 Å². The maximum Gasteiger partial charge on any atom is 0.253 e. The first-order valence-electron chi connectivity index (χ1n) is 10.9. The van der Waals surface area contributed by atoms with Crippen molar-refractivity contribution in [2.24, 2.45) is 5.92 Å². The van der Waals surface area contributed by atoms with Crippen LogP contribution in [-0.2, 0) is 0 Å². The number of carbonyl (C=O) groups is 1. The van der Waals surface area contributed by atoms with E-state index in [1.54, 1.807) is 0 Å². The van der Waals surface area contributed by atoms with Gasteiger partial charge in [0.25, 0.3) is 5.91 Å². The molecule has 3 heteroatoms. The highest BCUT2D eigenvalue weighted by atomic mass is 16.1. The third kappa shape index (κ3) is 3.48. The Bertz CT molecular complexity index is 952. The summed E-state index contributed by atoms with van der Waals surface area (Å²) in [6.07, 6.45) is 6.64. The lowest BCUT2D eigenvalue weighted by Gasteiger charge is -2.39. The zero-order valence-corrected chi connectivity index (χ0v) is 18.2. The van der Waals surface area contributed by atoms with Crippen LogP contribution in [0.25, 0.3) is 0 Å². The number of nitrogens with one attached hydrogen (secondary N) is 2. The number of amides is 1. The molecule has 2 N–H and O–H groups in total. The summed E-state index contributed by atoms with van der Waals surface area (Å²) >= 11 is 0. The van der Waals surface area contributed by atoms with E-state index in [2.05, 4.69) is 75.6 Å². The molecule has 0 aromatic heterocycles. The normalized spacial score (nSPS) is 23.1. The van der Waals surface area contributed by atoms with Crippen LogP contribution in [0.1, 0.15) is 76.8 Å². The Morgan fingerprint density at radius 3 is 2.62 bits per heavy atom. The smallest absolute Gasteiger partial charge is 0.253 e. The van der Waals surface area contributed by atoms with Crippen molar-refractivity contribution in [1.82, 2.24) is 5.32 Å². The summed E-state index contributed by atoms with van der Waals surface area (Å²) in [6, 6.07) is 11.1. The molecule has 1 heterocycles. The molecule has 0 fully saturated rings. The SMILES string of the molecule is CCC(C)NC(=O)c1cccc2c1NC(c1c(C)cc(C)cc1C)C1CC=CC21. The molecule has 0 radical (unpaired) electrons. The molecule has 4 unspecified atom stereocenters. The Labute approximate surface area is 174 Å². The van der Waals surface area contributed by atoms with Gasteiger partial charge >= 0.3 is 0 Å². The first kappa shape index (κ1) is 19.8. The zero-order valence-electron chi connectivity index (χ0n) is 18.2. The van der Waals surface area contributed by atoms with Crippen LogP contribution in [0, 0.1) is 26.7 Å². The minimum Gasteiger partial charge on any atom is -0.377 e. The maximum absolute atomic E-state index is 13.0. The van der Waals surface area contributed by atoms with Crippen LogP contribution in [0.3, 0.4) is 0 Å². The Balaban J connectivity index is 1.80. The van der Waals surface area contributed by atoms with Crippen molar-refractivity contribution in [3.8, 4) is 0 Å². The van der Waals surface area contributed by atoms with E-state index in [1.807, 2.05) is 12.1 Å². The predicted molar refractivity (Wildman–Crippen MR) is 121 cm³/mol. The molecule has 4 atom stereocenters. The monoisotopic (exact) mass is 388 g/mol. The number of allylic oxidation sites excluding steroid dienone is 2. The zero-order chi connectivity index (χ0) is 20.7. The van der Waals surface area contributed by atoms with Gasteiger partial charge in [0.15, 0.2) is 0 Å². The number of fused-ring (bicyclic) bond motifs is 3. The number of benzene rings is 2. The van der Waals surface area contributed by atoms with Crippen LogP contribution in [-0.4, -0.2) is 11.9 Å². The molecular formula is C26H32N2O. The Hall–Kier alpha value is -2.55. The summed E-state index contributed by atoms with van der Waals surface area (Å²) < 4.78 is 0. The third-order valence-corrected chi connectivity index (χ3v) is 6.68. The van der Waals surface area contributed by atoms with Crippen molar-refractivity contribution >= 4 is 11.6 Å². The summed E-state index contributed by atoms with van der Waals surface area (Å²) in [4.78, 5) is 13.0. The topological polar surface area (TPSA) is 41.1 Å². The average Bonchev–Trinajstić information content (AvgIpc) is 3.17. The molecule has 4 rings (SSSR count). The fourth-order valence-corrected chi connectivity index (χ4v) is 5.18. The summed E-state index contributed by atoms with van der Waals surface area (Å²) in [5, 5.41) is 6.97. The Morgan fingerprint density at radius 1 is 1.21 bits per heavy atom. The summed E-state index contributed by atoms with van der Waals surface area (Å²) in [5.74, 6) is 0.850. The molecule has 2 aromatic rings. The lowest BCUT2D eigenvalue weighted by atomic mass is 9.74. The second-order valence-electron chi connectivity index (χ2n) is 8.84. The highest BCUT2D eigenvalue weighted by Crippen LogP contribution is 2.51. The molecule has 29 heavy (non-hydrogen) atoms.